The largest absolute Gasteiger partial charge is 0.309 e. The van der Waals surface area contributed by atoms with Gasteiger partial charge < -0.3 is 13.7 Å². The van der Waals surface area contributed by atoms with E-state index < -0.39 is 0 Å². The van der Waals surface area contributed by atoms with Crippen molar-refractivity contribution < 1.29 is 0 Å². The summed E-state index contributed by atoms with van der Waals surface area (Å²) in [7, 11) is 0. The molecule has 0 bridgehead atoms. The van der Waals surface area contributed by atoms with Crippen LogP contribution in [0.3, 0.4) is 0 Å². The van der Waals surface area contributed by atoms with Crippen LogP contribution in [-0.4, -0.2) is 23.7 Å². The highest BCUT2D eigenvalue weighted by molar-refractivity contribution is 6.14. The van der Waals surface area contributed by atoms with Gasteiger partial charge in [0.1, 0.15) is 0 Å². The average molecular weight is 1050 g/mol. The van der Waals surface area contributed by atoms with Crippen molar-refractivity contribution in [3.63, 3.8) is 0 Å². The quantitative estimate of drug-likeness (QED) is 0.145. The van der Waals surface area contributed by atoms with E-state index in [4.69, 9.17) is 9.97 Å². The van der Waals surface area contributed by atoms with Crippen LogP contribution in [-0.2, 0) is 0 Å². The van der Waals surface area contributed by atoms with Crippen molar-refractivity contribution in [1.29, 1.82) is 0 Å². The maximum Gasteiger partial charge on any atom is 0.160 e. The molecule has 384 valence electrons. The maximum atomic E-state index is 5.59. The number of fused-ring (bicyclic) bond motifs is 9. The molecular formula is C77H51N5. The lowest BCUT2D eigenvalue weighted by atomic mass is 9.90. The van der Waals surface area contributed by atoms with Gasteiger partial charge in [0.15, 0.2) is 5.82 Å². The van der Waals surface area contributed by atoms with Gasteiger partial charge in [0.05, 0.1) is 61.6 Å². The fourth-order valence-electron chi connectivity index (χ4n) is 12.8. The van der Waals surface area contributed by atoms with E-state index in [-0.39, 0.29) is 0 Å². The normalized spacial score (nSPS) is 11.7. The van der Waals surface area contributed by atoms with Gasteiger partial charge in [-0.05, 0) is 90.8 Å². The van der Waals surface area contributed by atoms with Crippen LogP contribution in [0, 0.1) is 6.92 Å². The fourth-order valence-corrected chi connectivity index (χ4v) is 12.8. The van der Waals surface area contributed by atoms with Crippen LogP contribution in [0.4, 0.5) is 0 Å². The summed E-state index contributed by atoms with van der Waals surface area (Å²) in [5.41, 5.74) is 22.4. The summed E-state index contributed by atoms with van der Waals surface area (Å²) >= 11 is 0. The first kappa shape index (κ1) is 47.1. The van der Waals surface area contributed by atoms with Crippen molar-refractivity contribution in [3.8, 4) is 84.3 Å². The topological polar surface area (TPSA) is 40.6 Å². The van der Waals surface area contributed by atoms with E-state index in [2.05, 4.69) is 306 Å². The maximum absolute atomic E-state index is 5.59. The molecule has 5 nitrogen and oxygen atoms in total. The molecule has 0 aliphatic heterocycles. The molecule has 0 radical (unpaired) electrons. The summed E-state index contributed by atoms with van der Waals surface area (Å²) in [6, 6.07) is 106. The number of nitrogens with zero attached hydrogens (tertiary/aromatic N) is 5. The van der Waals surface area contributed by atoms with Gasteiger partial charge in [0, 0.05) is 71.3 Å². The molecule has 16 rings (SSSR count). The molecule has 0 aliphatic carbocycles. The molecule has 0 atom stereocenters. The van der Waals surface area contributed by atoms with Gasteiger partial charge in [-0.15, -0.1) is 0 Å². The van der Waals surface area contributed by atoms with Crippen molar-refractivity contribution in [2.24, 2.45) is 0 Å². The number of aryl methyl sites for hydroxylation is 1. The Bertz CT molecular complexity index is 4820. The lowest BCUT2D eigenvalue weighted by Gasteiger charge is -2.24. The Labute approximate surface area is 474 Å². The Morgan fingerprint density at radius 2 is 0.622 bits per heavy atom. The predicted molar refractivity (Wildman–Crippen MR) is 342 cm³/mol. The lowest BCUT2D eigenvalue weighted by molar-refractivity contribution is 1.15. The third-order valence-corrected chi connectivity index (χ3v) is 16.5. The minimum absolute atomic E-state index is 0.660. The zero-order valence-electron chi connectivity index (χ0n) is 44.9. The fraction of sp³-hybridized carbons (Fsp3) is 0.0130. The third-order valence-electron chi connectivity index (χ3n) is 16.5. The second-order valence-corrected chi connectivity index (χ2v) is 21.3. The van der Waals surface area contributed by atoms with Crippen LogP contribution in [0.5, 0.6) is 0 Å². The van der Waals surface area contributed by atoms with E-state index in [1.165, 1.54) is 49.0 Å². The van der Waals surface area contributed by atoms with Crippen LogP contribution >= 0.6 is 0 Å². The molecule has 4 aromatic heterocycles. The van der Waals surface area contributed by atoms with Gasteiger partial charge in [0.2, 0.25) is 0 Å². The number of benzene rings is 12. The molecule has 0 aliphatic rings. The second-order valence-electron chi connectivity index (χ2n) is 21.3. The third kappa shape index (κ3) is 7.62. The molecule has 0 saturated carbocycles. The highest BCUT2D eigenvalue weighted by Gasteiger charge is 2.27. The zero-order valence-corrected chi connectivity index (χ0v) is 44.9. The van der Waals surface area contributed by atoms with Crippen LogP contribution in [0.2, 0.25) is 0 Å². The Balaban J connectivity index is 1.09. The molecule has 4 heterocycles. The number of aromatic nitrogens is 5. The number of rotatable bonds is 9. The van der Waals surface area contributed by atoms with Crippen LogP contribution in [0.15, 0.2) is 291 Å². The Morgan fingerprint density at radius 3 is 1.12 bits per heavy atom. The van der Waals surface area contributed by atoms with Crippen molar-refractivity contribution >= 4 is 65.4 Å². The van der Waals surface area contributed by atoms with Gasteiger partial charge in [-0.3, -0.25) is 0 Å². The van der Waals surface area contributed by atoms with E-state index in [1.54, 1.807) is 0 Å². The zero-order chi connectivity index (χ0) is 54.3. The highest BCUT2D eigenvalue weighted by Crippen LogP contribution is 2.49. The number of hydrogen-bond donors (Lipinski definition) is 0. The Morgan fingerprint density at radius 1 is 0.244 bits per heavy atom. The minimum Gasteiger partial charge on any atom is -0.309 e. The van der Waals surface area contributed by atoms with Crippen LogP contribution in [0.25, 0.3) is 150 Å². The summed E-state index contributed by atoms with van der Waals surface area (Å²) in [5, 5.41) is 7.18. The minimum atomic E-state index is 0.660. The lowest BCUT2D eigenvalue weighted by Crippen LogP contribution is -2.06. The van der Waals surface area contributed by atoms with E-state index >= 15 is 0 Å². The first-order chi connectivity index (χ1) is 40.6. The summed E-state index contributed by atoms with van der Waals surface area (Å²) in [5.74, 6) is 0.660. The molecule has 0 N–H and O–H groups in total. The average Bonchev–Trinajstić information content (AvgIpc) is 3.69. The van der Waals surface area contributed by atoms with Gasteiger partial charge in [-0.25, -0.2) is 9.97 Å². The molecule has 0 saturated heterocycles. The summed E-state index contributed by atoms with van der Waals surface area (Å²) in [4.78, 5) is 10.9. The van der Waals surface area contributed by atoms with Crippen molar-refractivity contribution in [2.45, 2.75) is 6.92 Å². The molecule has 0 spiro atoms. The predicted octanol–water partition coefficient (Wildman–Crippen LogP) is 20.1. The number of hydrogen-bond acceptors (Lipinski definition) is 2. The highest BCUT2D eigenvalue weighted by atomic mass is 15.0. The summed E-state index contributed by atoms with van der Waals surface area (Å²) in [6.07, 6.45) is 0. The molecular weight excluding hydrogens is 995 g/mol. The van der Waals surface area contributed by atoms with E-state index in [1.807, 2.05) is 6.07 Å². The molecule has 0 unspecified atom stereocenters. The summed E-state index contributed by atoms with van der Waals surface area (Å²) in [6.45, 7) is 2.15. The van der Waals surface area contributed by atoms with E-state index in [9.17, 15) is 0 Å². The van der Waals surface area contributed by atoms with Gasteiger partial charge in [-0.2, -0.15) is 0 Å². The molecule has 16 aromatic rings. The molecule has 0 fully saturated rings. The number of para-hydroxylation sites is 7. The Hall–Kier alpha value is -10.9. The Kier molecular flexibility index (Phi) is 11.0. The van der Waals surface area contributed by atoms with E-state index in [0.717, 1.165) is 100 Å². The monoisotopic (exact) mass is 1050 g/mol. The first-order valence-electron chi connectivity index (χ1n) is 28.1. The van der Waals surface area contributed by atoms with Crippen LogP contribution < -0.4 is 0 Å². The van der Waals surface area contributed by atoms with Crippen LogP contribution in [0.1, 0.15) is 5.56 Å². The van der Waals surface area contributed by atoms with E-state index in [0.29, 0.717) is 5.82 Å². The van der Waals surface area contributed by atoms with Crippen molar-refractivity contribution in [3.05, 3.63) is 297 Å². The molecule has 82 heavy (non-hydrogen) atoms. The molecule has 5 heteroatoms. The van der Waals surface area contributed by atoms with Gasteiger partial charge in [0.25, 0.3) is 0 Å². The van der Waals surface area contributed by atoms with Gasteiger partial charge >= 0.3 is 0 Å². The van der Waals surface area contributed by atoms with Crippen molar-refractivity contribution in [2.75, 3.05) is 0 Å². The first-order valence-corrected chi connectivity index (χ1v) is 28.1. The summed E-state index contributed by atoms with van der Waals surface area (Å²) < 4.78 is 7.48. The smallest absolute Gasteiger partial charge is 0.160 e. The van der Waals surface area contributed by atoms with Gasteiger partial charge in [-0.1, -0.05) is 224 Å². The standard InChI is InChI=1S/C77H51N5/c1-50-40-42-51(43-41-50)54-44-45-75-63(46-54)60-30-12-21-39-74(60)82(75)76-64(61-31-13-19-37-72(61)80-68-33-15-8-26-56(68)57-27-9-16-34-69(57)80)47-55(67-49-66(52-22-4-2-5-23-52)78-77(79-67)53-24-6-3-7-25-53)48-65(76)62-32-14-20-38-73(62)81-70-35-17-10-28-58(70)59-29-11-18-36-71(59)81/h2-49H,1H3. The SMILES string of the molecule is Cc1ccc(-c2ccc3c(c2)c2ccccc2n3-c2c(-c3ccccc3-n3c4ccccc4c4ccccc43)cc(-c3cc(-c4ccccc4)nc(-c4ccccc4)n3)cc2-c2ccccc2-n2c3ccccc3c3ccccc32)cc1. The van der Waals surface area contributed by atoms with Crippen molar-refractivity contribution in [1.82, 2.24) is 23.7 Å². The molecule has 0 amide bonds. The molecule has 12 aromatic carbocycles. The second kappa shape index (κ2) is 19.2.